The van der Waals surface area contributed by atoms with E-state index in [9.17, 15) is 4.79 Å². The van der Waals surface area contributed by atoms with Crippen molar-refractivity contribution in [2.75, 3.05) is 0 Å². The second-order valence-corrected chi connectivity index (χ2v) is 5.68. The van der Waals surface area contributed by atoms with E-state index in [1.165, 1.54) is 44.9 Å². The van der Waals surface area contributed by atoms with Crippen LogP contribution in [0.15, 0.2) is 36.5 Å². The molecule has 0 aliphatic carbocycles. The van der Waals surface area contributed by atoms with Gasteiger partial charge < -0.3 is 5.11 Å². The monoisotopic (exact) mass is 306 g/mol. The molecule has 2 heteroatoms. The van der Waals surface area contributed by atoms with Gasteiger partial charge in [0.25, 0.3) is 0 Å². The predicted octanol–water partition coefficient (Wildman–Crippen LogP) is 6.44. The number of rotatable bonds is 15. The highest BCUT2D eigenvalue weighted by Gasteiger charge is 1.93. The topological polar surface area (TPSA) is 37.3 Å². The lowest BCUT2D eigenvalue weighted by atomic mass is 10.1. The average Bonchev–Trinajstić information content (AvgIpc) is 2.50. The molecule has 0 saturated carbocycles. The molecule has 1 N–H and O–H groups in total. The molecule has 0 aromatic carbocycles. The van der Waals surface area contributed by atoms with Crippen molar-refractivity contribution in [3.8, 4) is 0 Å². The largest absolute Gasteiger partial charge is 0.481 e. The molecule has 0 aromatic rings. The van der Waals surface area contributed by atoms with E-state index in [1.807, 2.05) is 0 Å². The minimum atomic E-state index is -0.697. The Morgan fingerprint density at radius 3 is 1.41 bits per heavy atom. The molecule has 0 spiro atoms. The second kappa shape index (κ2) is 17.7. The van der Waals surface area contributed by atoms with Gasteiger partial charge in [-0.05, 0) is 70.6 Å². The highest BCUT2D eigenvalue weighted by Crippen LogP contribution is 2.06. The maximum absolute atomic E-state index is 10.3. The molecule has 0 aliphatic heterocycles. The summed E-state index contributed by atoms with van der Waals surface area (Å²) in [5, 5.41) is 8.51. The predicted molar refractivity (Wildman–Crippen MR) is 96.1 cm³/mol. The molecule has 0 fully saturated rings. The zero-order chi connectivity index (χ0) is 16.3. The lowest BCUT2D eigenvalue weighted by molar-refractivity contribution is -0.137. The van der Waals surface area contributed by atoms with Crippen molar-refractivity contribution in [3.05, 3.63) is 36.5 Å². The Kier molecular flexibility index (Phi) is 16.7. The Morgan fingerprint density at radius 2 is 1.05 bits per heavy atom. The van der Waals surface area contributed by atoms with Gasteiger partial charge in [-0.1, -0.05) is 43.4 Å². The standard InChI is InChI=1S/C20H34O2/c1-2-3-4-5-6-7-8-9-10-11-12-13-14-15-16-17-18-19-20(21)22/h3-4,9-10,15-16H,2,5-8,11-14,17-19H2,1H3,(H,21,22)/b4-3+,10-9+,16-15+. The van der Waals surface area contributed by atoms with Gasteiger partial charge in [0.2, 0.25) is 0 Å². The van der Waals surface area contributed by atoms with Gasteiger partial charge in [0, 0.05) is 6.42 Å². The van der Waals surface area contributed by atoms with Gasteiger partial charge in [0.1, 0.15) is 0 Å². The third kappa shape index (κ3) is 18.7. The first-order chi connectivity index (χ1) is 10.8. The minimum Gasteiger partial charge on any atom is -0.481 e. The van der Waals surface area contributed by atoms with Crippen LogP contribution >= 0.6 is 0 Å². The van der Waals surface area contributed by atoms with Gasteiger partial charge in [-0.2, -0.15) is 0 Å². The molecule has 2 nitrogen and oxygen atoms in total. The number of hydrogen-bond donors (Lipinski definition) is 1. The molecule has 0 unspecified atom stereocenters. The summed E-state index contributed by atoms with van der Waals surface area (Å²) in [6.07, 6.45) is 26.4. The molecular formula is C20H34O2. The van der Waals surface area contributed by atoms with Crippen LogP contribution in [0.3, 0.4) is 0 Å². The van der Waals surface area contributed by atoms with Crippen LogP contribution in [0.1, 0.15) is 84.0 Å². The third-order valence-electron chi connectivity index (χ3n) is 3.48. The van der Waals surface area contributed by atoms with Crippen LogP contribution in [0, 0.1) is 0 Å². The second-order valence-electron chi connectivity index (χ2n) is 5.68. The molecule has 126 valence electrons. The van der Waals surface area contributed by atoms with E-state index in [0.717, 1.165) is 25.7 Å². The Labute approximate surface area is 137 Å². The number of unbranched alkanes of at least 4 members (excludes halogenated alkanes) is 7. The summed E-state index contributed by atoms with van der Waals surface area (Å²) in [6.45, 7) is 2.18. The summed E-state index contributed by atoms with van der Waals surface area (Å²) < 4.78 is 0. The first-order valence-electron chi connectivity index (χ1n) is 8.94. The van der Waals surface area contributed by atoms with Gasteiger partial charge in [-0.15, -0.1) is 0 Å². The summed E-state index contributed by atoms with van der Waals surface area (Å²) >= 11 is 0. The summed E-state index contributed by atoms with van der Waals surface area (Å²) in [5.74, 6) is -0.697. The summed E-state index contributed by atoms with van der Waals surface area (Å²) in [4.78, 5) is 10.3. The summed E-state index contributed by atoms with van der Waals surface area (Å²) in [5.41, 5.74) is 0. The van der Waals surface area contributed by atoms with Crippen molar-refractivity contribution in [2.45, 2.75) is 84.0 Å². The Bertz CT molecular complexity index is 327. The first-order valence-corrected chi connectivity index (χ1v) is 8.94. The van der Waals surface area contributed by atoms with Gasteiger partial charge in [0.05, 0.1) is 0 Å². The lowest BCUT2D eigenvalue weighted by Crippen LogP contribution is -1.92. The molecule has 0 amide bonds. The number of carbonyl (C=O) groups is 1. The average molecular weight is 306 g/mol. The van der Waals surface area contributed by atoms with Crippen molar-refractivity contribution < 1.29 is 9.90 Å². The summed E-state index contributed by atoms with van der Waals surface area (Å²) in [6, 6.07) is 0. The van der Waals surface area contributed by atoms with Crippen molar-refractivity contribution >= 4 is 5.97 Å². The smallest absolute Gasteiger partial charge is 0.303 e. The molecule has 0 saturated heterocycles. The van der Waals surface area contributed by atoms with Crippen molar-refractivity contribution in [1.29, 1.82) is 0 Å². The van der Waals surface area contributed by atoms with Crippen LogP contribution in [-0.2, 0) is 4.79 Å². The zero-order valence-corrected chi connectivity index (χ0v) is 14.3. The molecule has 22 heavy (non-hydrogen) atoms. The SMILES string of the molecule is CC/C=C/CCCC/C=C/CCCC/C=C/CCCC(=O)O. The Hall–Kier alpha value is -1.31. The van der Waals surface area contributed by atoms with E-state index in [-0.39, 0.29) is 6.42 Å². The molecule has 0 radical (unpaired) electrons. The van der Waals surface area contributed by atoms with Crippen molar-refractivity contribution in [2.24, 2.45) is 0 Å². The number of allylic oxidation sites excluding steroid dienone is 6. The first kappa shape index (κ1) is 20.7. The number of aliphatic carboxylic acids is 1. The van der Waals surface area contributed by atoms with E-state index >= 15 is 0 Å². The fourth-order valence-corrected chi connectivity index (χ4v) is 2.18. The van der Waals surface area contributed by atoms with Crippen LogP contribution in [0.2, 0.25) is 0 Å². The van der Waals surface area contributed by atoms with E-state index in [2.05, 4.69) is 43.4 Å². The fraction of sp³-hybridized carbons (Fsp3) is 0.650. The lowest BCUT2D eigenvalue weighted by Gasteiger charge is -1.95. The van der Waals surface area contributed by atoms with Crippen molar-refractivity contribution in [3.63, 3.8) is 0 Å². The number of carboxylic acid groups (broad SMARTS) is 1. The maximum Gasteiger partial charge on any atom is 0.303 e. The van der Waals surface area contributed by atoms with Crippen LogP contribution in [0.4, 0.5) is 0 Å². The normalized spacial score (nSPS) is 12.0. The van der Waals surface area contributed by atoms with Gasteiger partial charge in [0.15, 0.2) is 0 Å². The van der Waals surface area contributed by atoms with Crippen LogP contribution in [0.5, 0.6) is 0 Å². The van der Waals surface area contributed by atoms with E-state index in [1.54, 1.807) is 0 Å². The Balaban J connectivity index is 3.21. The Morgan fingerprint density at radius 1 is 0.682 bits per heavy atom. The van der Waals surface area contributed by atoms with Gasteiger partial charge in [-0.3, -0.25) is 4.79 Å². The van der Waals surface area contributed by atoms with E-state index in [0.29, 0.717) is 0 Å². The van der Waals surface area contributed by atoms with E-state index in [4.69, 9.17) is 5.11 Å². The summed E-state index contributed by atoms with van der Waals surface area (Å²) in [7, 11) is 0. The molecule has 0 atom stereocenters. The number of hydrogen-bond acceptors (Lipinski definition) is 1. The van der Waals surface area contributed by atoms with Crippen LogP contribution in [0.25, 0.3) is 0 Å². The molecular weight excluding hydrogens is 272 g/mol. The molecule has 0 aliphatic rings. The molecule has 0 heterocycles. The molecule has 0 aromatic heterocycles. The van der Waals surface area contributed by atoms with Crippen LogP contribution in [-0.4, -0.2) is 11.1 Å². The maximum atomic E-state index is 10.3. The van der Waals surface area contributed by atoms with E-state index < -0.39 is 5.97 Å². The van der Waals surface area contributed by atoms with Crippen molar-refractivity contribution in [1.82, 2.24) is 0 Å². The minimum absolute atomic E-state index is 0.282. The van der Waals surface area contributed by atoms with Crippen LogP contribution < -0.4 is 0 Å². The van der Waals surface area contributed by atoms with Gasteiger partial charge >= 0.3 is 5.97 Å². The highest BCUT2D eigenvalue weighted by molar-refractivity contribution is 5.66. The quantitative estimate of drug-likeness (QED) is 0.279. The highest BCUT2D eigenvalue weighted by atomic mass is 16.4. The fourth-order valence-electron chi connectivity index (χ4n) is 2.18. The number of carboxylic acids is 1. The van der Waals surface area contributed by atoms with Gasteiger partial charge in [-0.25, -0.2) is 0 Å². The third-order valence-corrected chi connectivity index (χ3v) is 3.48. The molecule has 0 bridgehead atoms. The zero-order valence-electron chi connectivity index (χ0n) is 14.3. The molecule has 0 rings (SSSR count).